The molecule has 0 aliphatic carbocycles. The number of alkyl halides is 3. The summed E-state index contributed by atoms with van der Waals surface area (Å²) >= 11 is 0. The number of nitrogens with zero attached hydrogens (tertiary/aromatic N) is 2. The topological polar surface area (TPSA) is 55.1 Å². The number of hydrogen-bond acceptors (Lipinski definition) is 2. The van der Waals surface area contributed by atoms with Gasteiger partial charge in [-0.25, -0.2) is 4.98 Å². The normalized spacial score (nSPS) is 13.9. The lowest BCUT2D eigenvalue weighted by Crippen LogP contribution is -2.28. The van der Waals surface area contributed by atoms with E-state index in [1.54, 1.807) is 0 Å². The quantitative estimate of drug-likeness (QED) is 0.818. The molecule has 14 heavy (non-hydrogen) atoms. The summed E-state index contributed by atoms with van der Waals surface area (Å²) in [5, 5.41) is 8.31. The van der Waals surface area contributed by atoms with Crippen LogP contribution in [0.5, 0.6) is 0 Å². The molecule has 0 bridgehead atoms. The van der Waals surface area contributed by atoms with Gasteiger partial charge in [0.1, 0.15) is 6.04 Å². The van der Waals surface area contributed by atoms with Crippen LogP contribution in [-0.4, -0.2) is 26.8 Å². The zero-order chi connectivity index (χ0) is 10.8. The Balaban J connectivity index is 2.89. The average molecular weight is 208 g/mol. The SMILES string of the molecule is O=C(O)CC(n1ccnc1)C(F)(F)F. The van der Waals surface area contributed by atoms with Crippen molar-refractivity contribution in [3.63, 3.8) is 0 Å². The van der Waals surface area contributed by atoms with Crippen molar-refractivity contribution >= 4 is 5.97 Å². The van der Waals surface area contributed by atoms with Gasteiger partial charge in [-0.15, -0.1) is 0 Å². The third-order valence-corrected chi connectivity index (χ3v) is 1.63. The van der Waals surface area contributed by atoms with Crippen molar-refractivity contribution in [3.8, 4) is 0 Å². The standard InChI is InChI=1S/C7H7F3N2O2/c8-7(9,10)5(3-6(13)14)12-2-1-11-4-12/h1-2,4-5H,3H2,(H,13,14). The highest BCUT2D eigenvalue weighted by molar-refractivity contribution is 5.67. The first-order valence-electron chi connectivity index (χ1n) is 3.67. The molecule has 0 aliphatic rings. The van der Waals surface area contributed by atoms with E-state index in [4.69, 9.17) is 5.11 Å². The molecule has 0 fully saturated rings. The number of carboxylic acid groups (broad SMARTS) is 1. The summed E-state index contributed by atoms with van der Waals surface area (Å²) in [4.78, 5) is 13.7. The Morgan fingerprint density at radius 3 is 2.57 bits per heavy atom. The van der Waals surface area contributed by atoms with Crippen molar-refractivity contribution < 1.29 is 23.1 Å². The van der Waals surface area contributed by atoms with Crippen LogP contribution >= 0.6 is 0 Å². The van der Waals surface area contributed by atoms with E-state index < -0.39 is 24.6 Å². The molecule has 7 heteroatoms. The fraction of sp³-hybridized carbons (Fsp3) is 0.429. The molecule has 0 aliphatic heterocycles. The molecule has 4 nitrogen and oxygen atoms in total. The van der Waals surface area contributed by atoms with Crippen LogP contribution in [0.25, 0.3) is 0 Å². The third kappa shape index (κ3) is 2.48. The van der Waals surface area contributed by atoms with Crippen LogP contribution in [0.2, 0.25) is 0 Å². The number of halogens is 3. The Labute approximate surface area is 77.0 Å². The van der Waals surface area contributed by atoms with Gasteiger partial charge in [-0.2, -0.15) is 13.2 Å². The molecule has 1 unspecified atom stereocenters. The first-order chi connectivity index (χ1) is 6.41. The summed E-state index contributed by atoms with van der Waals surface area (Å²) in [7, 11) is 0. The summed E-state index contributed by atoms with van der Waals surface area (Å²) in [5.41, 5.74) is 0. The van der Waals surface area contributed by atoms with Crippen molar-refractivity contribution in [1.29, 1.82) is 0 Å². The number of carboxylic acids is 1. The lowest BCUT2D eigenvalue weighted by atomic mass is 10.2. The molecule has 1 rings (SSSR count). The van der Waals surface area contributed by atoms with E-state index in [-0.39, 0.29) is 0 Å². The highest BCUT2D eigenvalue weighted by Gasteiger charge is 2.42. The number of imidazole rings is 1. The number of aromatic nitrogens is 2. The van der Waals surface area contributed by atoms with E-state index in [1.165, 1.54) is 6.20 Å². The van der Waals surface area contributed by atoms with Crippen LogP contribution in [0.3, 0.4) is 0 Å². The van der Waals surface area contributed by atoms with E-state index in [1.807, 2.05) is 0 Å². The van der Waals surface area contributed by atoms with E-state index in [0.29, 0.717) is 0 Å². The van der Waals surface area contributed by atoms with Gasteiger partial charge in [0.15, 0.2) is 0 Å². The zero-order valence-corrected chi connectivity index (χ0v) is 6.90. The largest absolute Gasteiger partial charge is 0.481 e. The fourth-order valence-electron chi connectivity index (χ4n) is 1.01. The number of carbonyl (C=O) groups is 1. The number of aliphatic carboxylic acids is 1. The monoisotopic (exact) mass is 208 g/mol. The smallest absolute Gasteiger partial charge is 0.409 e. The Hall–Kier alpha value is -1.53. The second-order valence-corrected chi connectivity index (χ2v) is 2.67. The summed E-state index contributed by atoms with van der Waals surface area (Å²) in [5.74, 6) is -1.50. The first-order valence-corrected chi connectivity index (χ1v) is 3.67. The predicted octanol–water partition coefficient (Wildman–Crippen LogP) is 1.46. The van der Waals surface area contributed by atoms with Crippen LogP contribution in [0, 0.1) is 0 Å². The Morgan fingerprint density at radius 1 is 1.57 bits per heavy atom. The number of hydrogen-bond donors (Lipinski definition) is 1. The second kappa shape index (κ2) is 3.69. The van der Waals surface area contributed by atoms with E-state index in [9.17, 15) is 18.0 Å². The molecule has 0 saturated carbocycles. The van der Waals surface area contributed by atoms with Crippen molar-refractivity contribution in [2.24, 2.45) is 0 Å². The predicted molar refractivity (Wildman–Crippen MR) is 39.6 cm³/mol. The molecule has 0 aromatic carbocycles. The van der Waals surface area contributed by atoms with Crippen LogP contribution in [0.4, 0.5) is 13.2 Å². The first kappa shape index (κ1) is 10.6. The minimum absolute atomic E-state index is 0.730. The molecule has 0 radical (unpaired) electrons. The van der Waals surface area contributed by atoms with Crippen LogP contribution in [0.1, 0.15) is 12.5 Å². The van der Waals surface area contributed by atoms with Crippen molar-refractivity contribution in [1.82, 2.24) is 9.55 Å². The Morgan fingerprint density at radius 2 is 2.21 bits per heavy atom. The molecule has 0 spiro atoms. The molecule has 0 saturated heterocycles. The van der Waals surface area contributed by atoms with Gasteiger partial charge in [0.05, 0.1) is 12.7 Å². The number of rotatable bonds is 3. The van der Waals surface area contributed by atoms with Crippen molar-refractivity contribution in [3.05, 3.63) is 18.7 Å². The lowest BCUT2D eigenvalue weighted by Gasteiger charge is -2.19. The van der Waals surface area contributed by atoms with Crippen LogP contribution in [-0.2, 0) is 4.79 Å². The maximum Gasteiger partial charge on any atom is 0.409 e. The molecular formula is C7H7F3N2O2. The van der Waals surface area contributed by atoms with Crippen molar-refractivity contribution in [2.45, 2.75) is 18.6 Å². The molecule has 0 amide bonds. The van der Waals surface area contributed by atoms with Gasteiger partial charge in [-0.05, 0) is 0 Å². The zero-order valence-electron chi connectivity index (χ0n) is 6.90. The molecule has 1 N–H and O–H groups in total. The summed E-state index contributed by atoms with van der Waals surface area (Å²) in [6.07, 6.45) is -2.39. The minimum atomic E-state index is -4.58. The van der Waals surface area contributed by atoms with Crippen molar-refractivity contribution in [2.75, 3.05) is 0 Å². The molecule has 1 aromatic rings. The highest BCUT2D eigenvalue weighted by atomic mass is 19.4. The minimum Gasteiger partial charge on any atom is -0.481 e. The molecule has 1 atom stereocenters. The Kier molecular flexibility index (Phi) is 2.78. The van der Waals surface area contributed by atoms with E-state index in [0.717, 1.165) is 17.1 Å². The highest BCUT2D eigenvalue weighted by Crippen LogP contribution is 2.32. The van der Waals surface area contributed by atoms with E-state index >= 15 is 0 Å². The third-order valence-electron chi connectivity index (χ3n) is 1.63. The fourth-order valence-corrected chi connectivity index (χ4v) is 1.01. The molecule has 78 valence electrons. The molecule has 1 heterocycles. The van der Waals surface area contributed by atoms with Gasteiger partial charge in [-0.3, -0.25) is 4.79 Å². The summed E-state index contributed by atoms with van der Waals surface area (Å²) < 4.78 is 37.7. The van der Waals surface area contributed by atoms with E-state index in [2.05, 4.69) is 4.98 Å². The lowest BCUT2D eigenvalue weighted by molar-refractivity contribution is -0.177. The van der Waals surface area contributed by atoms with Gasteiger partial charge in [0.25, 0.3) is 0 Å². The summed E-state index contributed by atoms with van der Waals surface area (Å²) in [6.45, 7) is 0. The average Bonchev–Trinajstić information content (AvgIpc) is 2.49. The second-order valence-electron chi connectivity index (χ2n) is 2.67. The maximum absolute atomic E-state index is 12.3. The van der Waals surface area contributed by atoms with Gasteiger partial charge >= 0.3 is 12.1 Å². The Bertz CT molecular complexity index is 307. The van der Waals surface area contributed by atoms with Gasteiger partial charge in [-0.1, -0.05) is 0 Å². The van der Waals surface area contributed by atoms with Gasteiger partial charge in [0.2, 0.25) is 0 Å². The molecule has 1 aromatic heterocycles. The van der Waals surface area contributed by atoms with Crippen LogP contribution < -0.4 is 0 Å². The van der Waals surface area contributed by atoms with Crippen LogP contribution in [0.15, 0.2) is 18.7 Å². The van der Waals surface area contributed by atoms with Gasteiger partial charge < -0.3 is 9.67 Å². The molecular weight excluding hydrogens is 201 g/mol. The van der Waals surface area contributed by atoms with Gasteiger partial charge in [0, 0.05) is 12.4 Å². The maximum atomic E-state index is 12.3. The summed E-state index contributed by atoms with van der Waals surface area (Å²) in [6, 6.07) is -2.05.